The number of aryl methyl sites for hydroxylation is 1. The predicted octanol–water partition coefficient (Wildman–Crippen LogP) is 3.22. The Hall–Kier alpha value is -2.56. The standard InChI is InChI=1S/C20H26N4O/c1-16-15-21-10-9-19(16)22-11-12-23-20(25)17-5-7-18(8-6-17)24-13-3-2-4-14-24/h5-10,15H,2-4,11-14H2,1H3,(H,21,22)(H,23,25). The summed E-state index contributed by atoms with van der Waals surface area (Å²) in [6.07, 6.45) is 7.42. The minimum absolute atomic E-state index is 0.0292. The molecule has 0 bridgehead atoms. The molecule has 1 fully saturated rings. The van der Waals surface area contributed by atoms with Gasteiger partial charge in [-0.05, 0) is 62.1 Å². The van der Waals surface area contributed by atoms with Gasteiger partial charge in [-0.2, -0.15) is 0 Å². The lowest BCUT2D eigenvalue weighted by Gasteiger charge is -2.28. The van der Waals surface area contributed by atoms with E-state index in [4.69, 9.17) is 0 Å². The van der Waals surface area contributed by atoms with Crippen LogP contribution >= 0.6 is 0 Å². The number of nitrogens with one attached hydrogen (secondary N) is 2. The van der Waals surface area contributed by atoms with Gasteiger partial charge in [-0.1, -0.05) is 0 Å². The Balaban J connectivity index is 1.45. The van der Waals surface area contributed by atoms with Crippen LogP contribution in [0.5, 0.6) is 0 Å². The van der Waals surface area contributed by atoms with Crippen molar-refractivity contribution in [2.75, 3.05) is 36.4 Å². The van der Waals surface area contributed by atoms with Gasteiger partial charge in [0.25, 0.3) is 5.91 Å². The summed E-state index contributed by atoms with van der Waals surface area (Å²) in [5.41, 5.74) is 4.07. The fraction of sp³-hybridized carbons (Fsp3) is 0.400. The number of rotatable bonds is 6. The van der Waals surface area contributed by atoms with Gasteiger partial charge in [-0.15, -0.1) is 0 Å². The van der Waals surface area contributed by atoms with E-state index in [1.54, 1.807) is 6.20 Å². The Morgan fingerprint density at radius 3 is 2.56 bits per heavy atom. The average Bonchev–Trinajstić information content (AvgIpc) is 2.67. The molecule has 2 heterocycles. The number of carbonyl (C=O) groups is 1. The van der Waals surface area contributed by atoms with E-state index in [1.807, 2.05) is 31.3 Å². The lowest BCUT2D eigenvalue weighted by molar-refractivity contribution is 0.0955. The number of anilines is 2. The van der Waals surface area contributed by atoms with Crippen LogP contribution in [0.1, 0.15) is 35.2 Å². The second-order valence-electron chi connectivity index (χ2n) is 6.47. The maximum absolute atomic E-state index is 12.2. The lowest BCUT2D eigenvalue weighted by atomic mass is 10.1. The Bertz CT molecular complexity index is 693. The molecule has 0 atom stereocenters. The van der Waals surface area contributed by atoms with Crippen molar-refractivity contribution < 1.29 is 4.79 Å². The van der Waals surface area contributed by atoms with E-state index in [-0.39, 0.29) is 5.91 Å². The van der Waals surface area contributed by atoms with Crippen LogP contribution in [0.4, 0.5) is 11.4 Å². The van der Waals surface area contributed by atoms with Gasteiger partial charge < -0.3 is 15.5 Å². The molecule has 2 aromatic rings. The summed E-state index contributed by atoms with van der Waals surface area (Å²) in [7, 11) is 0. The van der Waals surface area contributed by atoms with Gasteiger partial charge in [-0.3, -0.25) is 9.78 Å². The van der Waals surface area contributed by atoms with Crippen LogP contribution < -0.4 is 15.5 Å². The number of pyridine rings is 1. The van der Waals surface area contributed by atoms with Crippen molar-refractivity contribution in [1.29, 1.82) is 0 Å². The highest BCUT2D eigenvalue weighted by Crippen LogP contribution is 2.20. The zero-order valence-electron chi connectivity index (χ0n) is 14.8. The fourth-order valence-corrected chi connectivity index (χ4v) is 3.12. The topological polar surface area (TPSA) is 57.3 Å². The summed E-state index contributed by atoms with van der Waals surface area (Å²) in [5, 5.41) is 6.27. The molecule has 5 heteroatoms. The minimum Gasteiger partial charge on any atom is -0.383 e. The van der Waals surface area contributed by atoms with Crippen LogP contribution in [-0.4, -0.2) is 37.1 Å². The molecule has 132 valence electrons. The van der Waals surface area contributed by atoms with Crippen LogP contribution in [0.25, 0.3) is 0 Å². The number of benzene rings is 1. The lowest BCUT2D eigenvalue weighted by Crippen LogP contribution is -2.30. The average molecular weight is 338 g/mol. The molecule has 0 aliphatic carbocycles. The number of hydrogen-bond acceptors (Lipinski definition) is 4. The number of aromatic nitrogens is 1. The van der Waals surface area contributed by atoms with Crippen molar-refractivity contribution in [1.82, 2.24) is 10.3 Å². The largest absolute Gasteiger partial charge is 0.383 e. The predicted molar refractivity (Wildman–Crippen MR) is 102 cm³/mol. The molecular formula is C20H26N4O. The number of hydrogen-bond donors (Lipinski definition) is 2. The highest BCUT2D eigenvalue weighted by Gasteiger charge is 2.11. The van der Waals surface area contributed by atoms with E-state index >= 15 is 0 Å². The molecule has 1 aromatic carbocycles. The van der Waals surface area contributed by atoms with Gasteiger partial charge in [0.1, 0.15) is 0 Å². The monoisotopic (exact) mass is 338 g/mol. The minimum atomic E-state index is -0.0292. The number of carbonyl (C=O) groups excluding carboxylic acids is 1. The van der Waals surface area contributed by atoms with Crippen LogP contribution in [0.2, 0.25) is 0 Å². The Kier molecular flexibility index (Phi) is 5.88. The second-order valence-corrected chi connectivity index (χ2v) is 6.47. The Labute approximate surface area is 149 Å². The SMILES string of the molecule is Cc1cnccc1NCCNC(=O)c1ccc(N2CCCCC2)cc1. The molecular weight excluding hydrogens is 312 g/mol. The zero-order chi connectivity index (χ0) is 17.5. The first kappa shape index (κ1) is 17.3. The molecule has 0 unspecified atom stereocenters. The third kappa shape index (κ3) is 4.72. The number of piperidine rings is 1. The molecule has 25 heavy (non-hydrogen) atoms. The van der Waals surface area contributed by atoms with Crippen LogP contribution in [0.3, 0.4) is 0 Å². The summed E-state index contributed by atoms with van der Waals surface area (Å²) in [6.45, 7) is 5.51. The fourth-order valence-electron chi connectivity index (χ4n) is 3.12. The van der Waals surface area contributed by atoms with Crippen molar-refractivity contribution in [3.63, 3.8) is 0 Å². The van der Waals surface area contributed by atoms with Crippen LogP contribution in [0.15, 0.2) is 42.7 Å². The van der Waals surface area contributed by atoms with Crippen molar-refractivity contribution >= 4 is 17.3 Å². The highest BCUT2D eigenvalue weighted by molar-refractivity contribution is 5.94. The van der Waals surface area contributed by atoms with E-state index in [1.165, 1.54) is 24.9 Å². The van der Waals surface area contributed by atoms with E-state index in [0.717, 1.165) is 24.3 Å². The molecule has 0 saturated carbocycles. The van der Waals surface area contributed by atoms with Gasteiger partial charge in [0.05, 0.1) is 0 Å². The summed E-state index contributed by atoms with van der Waals surface area (Å²) in [5.74, 6) is -0.0292. The maximum Gasteiger partial charge on any atom is 0.251 e. The molecule has 1 aliphatic rings. The van der Waals surface area contributed by atoms with E-state index in [0.29, 0.717) is 18.7 Å². The number of nitrogens with zero attached hydrogens (tertiary/aromatic N) is 2. The molecule has 1 saturated heterocycles. The molecule has 1 amide bonds. The van der Waals surface area contributed by atoms with E-state index in [2.05, 4.69) is 32.7 Å². The van der Waals surface area contributed by atoms with E-state index in [9.17, 15) is 4.79 Å². The van der Waals surface area contributed by atoms with Crippen LogP contribution in [-0.2, 0) is 0 Å². The number of amides is 1. The highest BCUT2D eigenvalue weighted by atomic mass is 16.1. The molecule has 1 aliphatic heterocycles. The van der Waals surface area contributed by atoms with Crippen LogP contribution in [0, 0.1) is 6.92 Å². The Morgan fingerprint density at radius 1 is 1.08 bits per heavy atom. The first-order valence-corrected chi connectivity index (χ1v) is 9.02. The van der Waals surface area contributed by atoms with Crippen molar-refractivity contribution in [3.05, 3.63) is 53.9 Å². The van der Waals surface area contributed by atoms with Crippen molar-refractivity contribution in [2.45, 2.75) is 26.2 Å². The summed E-state index contributed by atoms with van der Waals surface area (Å²) in [4.78, 5) is 18.7. The summed E-state index contributed by atoms with van der Waals surface area (Å²) < 4.78 is 0. The van der Waals surface area contributed by atoms with Gasteiger partial charge in [0.2, 0.25) is 0 Å². The summed E-state index contributed by atoms with van der Waals surface area (Å²) >= 11 is 0. The van der Waals surface area contributed by atoms with E-state index < -0.39 is 0 Å². The third-order valence-corrected chi connectivity index (χ3v) is 4.60. The molecule has 1 aromatic heterocycles. The molecule has 2 N–H and O–H groups in total. The van der Waals surface area contributed by atoms with Gasteiger partial charge in [0, 0.05) is 55.5 Å². The van der Waals surface area contributed by atoms with Crippen molar-refractivity contribution in [2.24, 2.45) is 0 Å². The van der Waals surface area contributed by atoms with Gasteiger partial charge >= 0.3 is 0 Å². The Morgan fingerprint density at radius 2 is 1.84 bits per heavy atom. The van der Waals surface area contributed by atoms with Gasteiger partial charge in [-0.25, -0.2) is 0 Å². The molecule has 5 nitrogen and oxygen atoms in total. The van der Waals surface area contributed by atoms with Crippen molar-refractivity contribution in [3.8, 4) is 0 Å². The first-order valence-electron chi connectivity index (χ1n) is 9.02. The molecule has 0 radical (unpaired) electrons. The molecule has 0 spiro atoms. The maximum atomic E-state index is 12.2. The quantitative estimate of drug-likeness (QED) is 0.794. The van der Waals surface area contributed by atoms with Gasteiger partial charge in [0.15, 0.2) is 0 Å². The normalized spacial score (nSPS) is 14.2. The first-order chi connectivity index (χ1) is 12.2. The summed E-state index contributed by atoms with van der Waals surface area (Å²) in [6, 6.07) is 9.88. The zero-order valence-corrected chi connectivity index (χ0v) is 14.8. The smallest absolute Gasteiger partial charge is 0.251 e. The second kappa shape index (κ2) is 8.51. The third-order valence-electron chi connectivity index (χ3n) is 4.60. The molecule has 3 rings (SSSR count).